The number of benzene rings is 1. The van der Waals surface area contributed by atoms with Gasteiger partial charge in [-0.2, -0.15) is 34.8 Å². The molecule has 1 rings (SSSR count). The van der Waals surface area contributed by atoms with Crippen molar-refractivity contribution in [2.75, 3.05) is 0 Å². The van der Waals surface area contributed by atoms with Crippen molar-refractivity contribution in [3.8, 4) is 5.75 Å². The lowest BCUT2D eigenvalue weighted by Gasteiger charge is -2.13. The average Bonchev–Trinajstić information content (AvgIpc) is 2.17. The lowest BCUT2D eigenvalue weighted by Crippen LogP contribution is -2.28. The Bertz CT molecular complexity index is 577. The standard InChI is InChI=1S/C8H3BrF6O3S/c9-6-2-1-4(3-5(6)7(10,11)12)18-19(16,17)8(13,14)15/h1-3H. The number of hydrogen-bond donors (Lipinski definition) is 0. The number of rotatable bonds is 2. The second-order valence-corrected chi connectivity index (χ2v) is 5.51. The van der Waals surface area contributed by atoms with Crippen LogP contribution in [0.3, 0.4) is 0 Å². The van der Waals surface area contributed by atoms with Crippen molar-refractivity contribution in [2.24, 2.45) is 0 Å². The van der Waals surface area contributed by atoms with Gasteiger partial charge in [0.2, 0.25) is 0 Å². The Morgan fingerprint density at radius 1 is 1.05 bits per heavy atom. The molecule has 0 saturated heterocycles. The van der Waals surface area contributed by atoms with Gasteiger partial charge in [-0.3, -0.25) is 0 Å². The summed E-state index contributed by atoms with van der Waals surface area (Å²) >= 11 is 2.54. The van der Waals surface area contributed by atoms with Gasteiger partial charge < -0.3 is 4.18 Å². The molecule has 108 valence electrons. The second-order valence-electron chi connectivity index (χ2n) is 3.12. The fraction of sp³-hybridized carbons (Fsp3) is 0.250. The summed E-state index contributed by atoms with van der Waals surface area (Å²) in [7, 11) is -6.01. The zero-order valence-corrected chi connectivity index (χ0v) is 10.9. The Morgan fingerprint density at radius 3 is 2.00 bits per heavy atom. The van der Waals surface area contributed by atoms with Crippen molar-refractivity contribution in [2.45, 2.75) is 11.7 Å². The van der Waals surface area contributed by atoms with Crippen molar-refractivity contribution < 1.29 is 38.9 Å². The van der Waals surface area contributed by atoms with Crippen molar-refractivity contribution in [3.63, 3.8) is 0 Å². The average molecular weight is 373 g/mol. The van der Waals surface area contributed by atoms with Gasteiger partial charge in [-0.05, 0) is 18.2 Å². The van der Waals surface area contributed by atoms with Crippen molar-refractivity contribution in [3.05, 3.63) is 28.2 Å². The lowest BCUT2D eigenvalue weighted by molar-refractivity contribution is -0.138. The van der Waals surface area contributed by atoms with Gasteiger partial charge in [0, 0.05) is 4.47 Å². The summed E-state index contributed by atoms with van der Waals surface area (Å²) in [5.74, 6) is -1.09. The van der Waals surface area contributed by atoms with Crippen LogP contribution < -0.4 is 4.18 Å². The molecule has 3 nitrogen and oxygen atoms in total. The van der Waals surface area contributed by atoms with Crippen molar-refractivity contribution >= 4 is 26.0 Å². The van der Waals surface area contributed by atoms with E-state index >= 15 is 0 Å². The highest BCUT2D eigenvalue weighted by Gasteiger charge is 2.48. The molecule has 0 aliphatic heterocycles. The molecule has 0 aliphatic carbocycles. The molecule has 0 aliphatic rings. The molecular weight excluding hydrogens is 370 g/mol. The predicted molar refractivity (Wildman–Crippen MR) is 54.7 cm³/mol. The molecule has 0 fully saturated rings. The van der Waals surface area contributed by atoms with Crippen LogP contribution in [0.5, 0.6) is 5.75 Å². The van der Waals surface area contributed by atoms with Crippen LogP contribution in [0.4, 0.5) is 26.3 Å². The van der Waals surface area contributed by atoms with Gasteiger partial charge in [-0.15, -0.1) is 0 Å². The third-order valence-corrected chi connectivity index (χ3v) is 3.40. The van der Waals surface area contributed by atoms with Crippen LogP contribution in [-0.4, -0.2) is 13.9 Å². The monoisotopic (exact) mass is 372 g/mol. The molecule has 0 heterocycles. The fourth-order valence-corrected chi connectivity index (χ4v) is 1.87. The molecule has 0 aromatic heterocycles. The molecule has 0 N–H and O–H groups in total. The van der Waals surface area contributed by atoms with Crippen LogP contribution in [-0.2, 0) is 16.3 Å². The largest absolute Gasteiger partial charge is 0.534 e. The van der Waals surface area contributed by atoms with E-state index in [0.29, 0.717) is 6.07 Å². The van der Waals surface area contributed by atoms with E-state index in [1.807, 2.05) is 0 Å². The van der Waals surface area contributed by atoms with E-state index < -0.39 is 37.6 Å². The SMILES string of the molecule is O=S(=O)(Oc1ccc(Br)c(C(F)(F)F)c1)C(F)(F)F. The minimum absolute atomic E-state index is 0.146. The van der Waals surface area contributed by atoms with E-state index in [9.17, 15) is 34.8 Å². The lowest BCUT2D eigenvalue weighted by atomic mass is 10.2. The molecule has 19 heavy (non-hydrogen) atoms. The van der Waals surface area contributed by atoms with Crippen LogP contribution in [0.2, 0.25) is 0 Å². The molecule has 0 amide bonds. The molecule has 1 aromatic rings. The number of alkyl halides is 6. The maximum atomic E-state index is 12.4. The molecule has 0 unspecified atom stereocenters. The maximum absolute atomic E-state index is 12.4. The van der Waals surface area contributed by atoms with Crippen molar-refractivity contribution in [1.82, 2.24) is 0 Å². The summed E-state index contributed by atoms with van der Waals surface area (Å²) in [5.41, 5.74) is -7.08. The normalized spacial score (nSPS) is 13.4. The molecule has 0 spiro atoms. The molecule has 0 bridgehead atoms. The highest BCUT2D eigenvalue weighted by molar-refractivity contribution is 9.10. The Morgan fingerprint density at radius 2 is 1.58 bits per heavy atom. The Balaban J connectivity index is 3.20. The molecule has 0 saturated carbocycles. The van der Waals surface area contributed by atoms with E-state index in [-0.39, 0.29) is 6.07 Å². The quantitative estimate of drug-likeness (QED) is 0.451. The first-order valence-electron chi connectivity index (χ1n) is 4.22. The number of hydrogen-bond acceptors (Lipinski definition) is 3. The molecule has 11 heteroatoms. The third kappa shape index (κ3) is 3.75. The summed E-state index contributed by atoms with van der Waals surface area (Å²) in [5, 5.41) is 0. The molecule has 0 atom stereocenters. The van der Waals surface area contributed by atoms with Gasteiger partial charge >= 0.3 is 21.8 Å². The predicted octanol–water partition coefficient (Wildman–Crippen LogP) is 3.70. The van der Waals surface area contributed by atoms with Crippen LogP contribution >= 0.6 is 15.9 Å². The summed E-state index contributed by atoms with van der Waals surface area (Å²) in [6.45, 7) is 0. The third-order valence-electron chi connectivity index (χ3n) is 1.73. The molecule has 1 aromatic carbocycles. The summed E-state index contributed by atoms with van der Waals surface area (Å²) < 4.78 is 97.7. The fourth-order valence-electron chi connectivity index (χ4n) is 0.947. The first kappa shape index (κ1) is 16.1. The highest BCUT2D eigenvalue weighted by atomic mass is 79.9. The van der Waals surface area contributed by atoms with Gasteiger partial charge in [0.15, 0.2) is 0 Å². The molecule has 0 radical (unpaired) electrons. The Kier molecular flexibility index (Phi) is 4.11. The molecular formula is C8H3BrF6O3S. The van der Waals surface area contributed by atoms with E-state index in [0.717, 1.165) is 6.07 Å². The van der Waals surface area contributed by atoms with E-state index in [4.69, 9.17) is 0 Å². The van der Waals surface area contributed by atoms with E-state index in [1.54, 1.807) is 0 Å². The van der Waals surface area contributed by atoms with Crippen LogP contribution in [0.1, 0.15) is 5.56 Å². The smallest absolute Gasteiger partial charge is 0.376 e. The van der Waals surface area contributed by atoms with Crippen LogP contribution in [0, 0.1) is 0 Å². The summed E-state index contributed by atoms with van der Waals surface area (Å²) in [4.78, 5) is 0. The highest BCUT2D eigenvalue weighted by Crippen LogP contribution is 2.37. The van der Waals surface area contributed by atoms with Crippen molar-refractivity contribution in [1.29, 1.82) is 0 Å². The Labute approximate surface area is 111 Å². The zero-order valence-electron chi connectivity index (χ0n) is 8.51. The van der Waals surface area contributed by atoms with Gasteiger partial charge in [0.25, 0.3) is 0 Å². The topological polar surface area (TPSA) is 43.4 Å². The summed E-state index contributed by atoms with van der Waals surface area (Å²) in [6.07, 6.45) is -4.87. The van der Waals surface area contributed by atoms with Gasteiger partial charge in [-0.1, -0.05) is 15.9 Å². The van der Waals surface area contributed by atoms with Gasteiger partial charge in [0.1, 0.15) is 5.75 Å². The zero-order chi connectivity index (χ0) is 15.1. The first-order valence-corrected chi connectivity index (χ1v) is 6.42. The second kappa shape index (κ2) is 4.85. The van der Waals surface area contributed by atoms with Crippen LogP contribution in [0.15, 0.2) is 22.7 Å². The Hall–Kier alpha value is -0.970. The van der Waals surface area contributed by atoms with E-state index in [1.165, 1.54) is 0 Å². The first-order chi connectivity index (χ1) is 8.34. The van der Waals surface area contributed by atoms with E-state index in [2.05, 4.69) is 20.1 Å². The van der Waals surface area contributed by atoms with Crippen LogP contribution in [0.25, 0.3) is 0 Å². The van der Waals surface area contributed by atoms with Gasteiger partial charge in [0.05, 0.1) is 5.56 Å². The maximum Gasteiger partial charge on any atom is 0.534 e. The number of halogens is 7. The minimum Gasteiger partial charge on any atom is -0.376 e. The van der Waals surface area contributed by atoms with Gasteiger partial charge in [-0.25, -0.2) is 0 Å². The summed E-state index contributed by atoms with van der Waals surface area (Å²) in [6, 6.07) is 1.53. The minimum atomic E-state index is -6.01.